The highest BCUT2D eigenvalue weighted by molar-refractivity contribution is 9.10. The molecule has 0 aliphatic heterocycles. The lowest BCUT2D eigenvalue weighted by Crippen LogP contribution is -2.19. The highest BCUT2D eigenvalue weighted by Gasteiger charge is 2.18. The minimum absolute atomic E-state index is 0.153. The van der Waals surface area contributed by atoms with Crippen molar-refractivity contribution in [1.29, 1.82) is 0 Å². The molecule has 2 aromatic rings. The van der Waals surface area contributed by atoms with Crippen molar-refractivity contribution in [1.82, 2.24) is 5.32 Å². The molecular weight excluding hydrogens is 334 g/mol. The summed E-state index contributed by atoms with van der Waals surface area (Å²) in [5, 5.41) is 4.24. The number of rotatable bonds is 3. The molecular formula is C17H19BrClN. The molecule has 1 unspecified atom stereocenters. The lowest BCUT2D eigenvalue weighted by molar-refractivity contribution is 0.683. The summed E-state index contributed by atoms with van der Waals surface area (Å²) in [5.74, 6) is 0. The minimum Gasteiger partial charge on any atom is -0.309 e. The second-order valence-electron chi connectivity index (χ2n) is 5.20. The number of hydrogen-bond donors (Lipinski definition) is 1. The Bertz CT molecular complexity index is 637. The van der Waals surface area contributed by atoms with E-state index in [0.29, 0.717) is 0 Å². The van der Waals surface area contributed by atoms with Crippen LogP contribution in [0, 0.1) is 20.8 Å². The van der Waals surface area contributed by atoms with Gasteiger partial charge in [-0.05, 0) is 62.2 Å². The molecule has 106 valence electrons. The first-order chi connectivity index (χ1) is 9.43. The van der Waals surface area contributed by atoms with Crippen LogP contribution in [-0.4, -0.2) is 7.05 Å². The lowest BCUT2D eigenvalue weighted by atomic mass is 9.93. The maximum Gasteiger partial charge on any atom is 0.0588 e. The van der Waals surface area contributed by atoms with Crippen molar-refractivity contribution in [3.8, 4) is 0 Å². The van der Waals surface area contributed by atoms with E-state index in [9.17, 15) is 0 Å². The molecule has 0 radical (unpaired) electrons. The Morgan fingerprint density at radius 2 is 1.70 bits per heavy atom. The second-order valence-corrected chi connectivity index (χ2v) is 6.47. The summed E-state index contributed by atoms with van der Waals surface area (Å²) in [6.07, 6.45) is 0. The molecule has 0 bridgehead atoms. The Balaban J connectivity index is 2.58. The standard InChI is InChI=1S/C17H19BrClN/c1-10-5-6-15(18)14(7-10)17(20-4)13-8-12(3)16(19)9-11(13)2/h5-9,17,20H,1-4H3. The van der Waals surface area contributed by atoms with E-state index in [1.807, 2.05) is 20.0 Å². The molecule has 1 nitrogen and oxygen atoms in total. The van der Waals surface area contributed by atoms with Gasteiger partial charge in [-0.15, -0.1) is 0 Å². The molecule has 0 aliphatic rings. The first-order valence-corrected chi connectivity index (χ1v) is 7.81. The molecule has 2 rings (SSSR count). The molecule has 3 heteroatoms. The molecule has 1 N–H and O–H groups in total. The Labute approximate surface area is 134 Å². The molecule has 0 heterocycles. The van der Waals surface area contributed by atoms with E-state index in [2.05, 4.69) is 59.4 Å². The van der Waals surface area contributed by atoms with Crippen LogP contribution >= 0.6 is 27.5 Å². The number of halogens is 2. The maximum atomic E-state index is 6.21. The van der Waals surface area contributed by atoms with E-state index in [0.717, 1.165) is 15.1 Å². The SMILES string of the molecule is CNC(c1cc(C)c(Cl)cc1C)c1cc(C)ccc1Br. The highest BCUT2D eigenvalue weighted by Crippen LogP contribution is 2.33. The maximum absolute atomic E-state index is 6.21. The number of benzene rings is 2. The summed E-state index contributed by atoms with van der Waals surface area (Å²) in [6, 6.07) is 10.8. The topological polar surface area (TPSA) is 12.0 Å². The van der Waals surface area contributed by atoms with Gasteiger partial charge in [0.2, 0.25) is 0 Å². The van der Waals surface area contributed by atoms with Crippen molar-refractivity contribution in [3.63, 3.8) is 0 Å². The lowest BCUT2D eigenvalue weighted by Gasteiger charge is -2.22. The molecule has 0 saturated heterocycles. The van der Waals surface area contributed by atoms with E-state index >= 15 is 0 Å². The third kappa shape index (κ3) is 3.08. The van der Waals surface area contributed by atoms with Gasteiger partial charge >= 0.3 is 0 Å². The monoisotopic (exact) mass is 351 g/mol. The Morgan fingerprint density at radius 3 is 2.35 bits per heavy atom. The van der Waals surface area contributed by atoms with Gasteiger partial charge in [0, 0.05) is 9.50 Å². The third-order valence-electron chi connectivity index (χ3n) is 3.61. The third-order valence-corrected chi connectivity index (χ3v) is 4.74. The molecule has 0 spiro atoms. The van der Waals surface area contributed by atoms with Crippen LogP contribution in [0.5, 0.6) is 0 Å². The highest BCUT2D eigenvalue weighted by atomic mass is 79.9. The predicted molar refractivity (Wildman–Crippen MR) is 90.7 cm³/mol. The first kappa shape index (κ1) is 15.6. The average molecular weight is 353 g/mol. The van der Waals surface area contributed by atoms with Crippen LogP contribution < -0.4 is 5.32 Å². The van der Waals surface area contributed by atoms with Crippen LogP contribution in [0.15, 0.2) is 34.8 Å². The second kappa shape index (κ2) is 6.30. The molecule has 0 aromatic heterocycles. The Morgan fingerprint density at radius 1 is 1.00 bits per heavy atom. The van der Waals surface area contributed by atoms with E-state index in [-0.39, 0.29) is 6.04 Å². The Hall–Kier alpha value is -0.830. The van der Waals surface area contributed by atoms with Gasteiger partial charge in [0.1, 0.15) is 0 Å². The predicted octanol–water partition coefficient (Wildman–Crippen LogP) is 5.34. The van der Waals surface area contributed by atoms with Crippen molar-refractivity contribution in [2.24, 2.45) is 0 Å². The molecule has 0 fully saturated rings. The van der Waals surface area contributed by atoms with Crippen LogP contribution in [0.3, 0.4) is 0 Å². The summed E-state index contributed by atoms with van der Waals surface area (Å²) >= 11 is 9.87. The van der Waals surface area contributed by atoms with Crippen LogP contribution in [0.4, 0.5) is 0 Å². The fourth-order valence-electron chi connectivity index (χ4n) is 2.48. The van der Waals surface area contributed by atoms with Crippen LogP contribution in [0.25, 0.3) is 0 Å². The first-order valence-electron chi connectivity index (χ1n) is 6.64. The average Bonchev–Trinajstić information content (AvgIpc) is 2.40. The van der Waals surface area contributed by atoms with Crippen molar-refractivity contribution in [2.45, 2.75) is 26.8 Å². The van der Waals surface area contributed by atoms with E-state index in [1.54, 1.807) is 0 Å². The van der Waals surface area contributed by atoms with E-state index in [1.165, 1.54) is 22.3 Å². The number of hydrogen-bond acceptors (Lipinski definition) is 1. The summed E-state index contributed by atoms with van der Waals surface area (Å²) in [5.41, 5.74) is 6.08. The van der Waals surface area contributed by atoms with Gasteiger partial charge in [-0.25, -0.2) is 0 Å². The molecule has 1 atom stereocenters. The molecule has 2 aromatic carbocycles. The van der Waals surface area contributed by atoms with Crippen molar-refractivity contribution in [2.75, 3.05) is 7.05 Å². The van der Waals surface area contributed by atoms with Crippen molar-refractivity contribution in [3.05, 3.63) is 67.6 Å². The van der Waals surface area contributed by atoms with Gasteiger partial charge in [-0.3, -0.25) is 0 Å². The zero-order chi connectivity index (χ0) is 14.9. The molecule has 0 aliphatic carbocycles. The van der Waals surface area contributed by atoms with E-state index in [4.69, 9.17) is 11.6 Å². The van der Waals surface area contributed by atoms with Crippen LogP contribution in [0.2, 0.25) is 5.02 Å². The fourth-order valence-corrected chi connectivity index (χ4v) is 3.17. The summed E-state index contributed by atoms with van der Waals surface area (Å²) in [7, 11) is 1.99. The normalized spacial score (nSPS) is 12.5. The van der Waals surface area contributed by atoms with Gasteiger partial charge in [0.25, 0.3) is 0 Å². The molecule has 0 saturated carbocycles. The zero-order valence-corrected chi connectivity index (χ0v) is 14.6. The summed E-state index contributed by atoms with van der Waals surface area (Å²) in [6.45, 7) is 6.26. The summed E-state index contributed by atoms with van der Waals surface area (Å²) in [4.78, 5) is 0. The van der Waals surface area contributed by atoms with Crippen molar-refractivity contribution >= 4 is 27.5 Å². The van der Waals surface area contributed by atoms with Gasteiger partial charge in [0.05, 0.1) is 6.04 Å². The zero-order valence-electron chi connectivity index (χ0n) is 12.2. The molecule has 0 amide bonds. The van der Waals surface area contributed by atoms with Crippen molar-refractivity contribution < 1.29 is 0 Å². The number of nitrogens with one attached hydrogen (secondary N) is 1. The van der Waals surface area contributed by atoms with Gasteiger partial charge in [0.15, 0.2) is 0 Å². The van der Waals surface area contributed by atoms with E-state index < -0.39 is 0 Å². The fraction of sp³-hybridized carbons (Fsp3) is 0.294. The van der Waals surface area contributed by atoms with Crippen LogP contribution in [-0.2, 0) is 0 Å². The summed E-state index contributed by atoms with van der Waals surface area (Å²) < 4.78 is 1.12. The smallest absolute Gasteiger partial charge is 0.0588 e. The minimum atomic E-state index is 0.153. The molecule has 20 heavy (non-hydrogen) atoms. The largest absolute Gasteiger partial charge is 0.309 e. The van der Waals surface area contributed by atoms with Gasteiger partial charge < -0.3 is 5.32 Å². The van der Waals surface area contributed by atoms with Crippen LogP contribution in [0.1, 0.15) is 33.9 Å². The quantitative estimate of drug-likeness (QED) is 0.786. The van der Waals surface area contributed by atoms with Gasteiger partial charge in [-0.2, -0.15) is 0 Å². The van der Waals surface area contributed by atoms with Gasteiger partial charge in [-0.1, -0.05) is 51.3 Å². The number of aryl methyl sites for hydroxylation is 3. The Kier molecular flexibility index (Phi) is 4.90.